The molecule has 5 rings (SSSR count). The summed E-state index contributed by atoms with van der Waals surface area (Å²) >= 11 is 1.10. The largest absolute Gasteiger partial charge is 0.508 e. The zero-order valence-electron chi connectivity index (χ0n) is 32.3. The minimum Gasteiger partial charge on any atom is -0.508 e. The number of aldehydes is 1. The van der Waals surface area contributed by atoms with Crippen LogP contribution in [-0.2, 0) is 43.0 Å². The molecule has 2 aliphatic heterocycles. The highest BCUT2D eigenvalue weighted by molar-refractivity contribution is 7.99. The molecular formula is C39H40N6O14S. The number of amides is 6. The molecule has 0 saturated carbocycles. The molecule has 316 valence electrons. The van der Waals surface area contributed by atoms with Crippen molar-refractivity contribution in [2.24, 2.45) is 5.73 Å². The summed E-state index contributed by atoms with van der Waals surface area (Å²) in [7, 11) is 0. The van der Waals surface area contributed by atoms with Crippen molar-refractivity contribution in [2.75, 3.05) is 30.0 Å². The number of aromatic carboxylic acids is 1. The number of phenolic OH excluding ortho intramolecular Hbond substituents is 1. The van der Waals surface area contributed by atoms with Crippen molar-refractivity contribution in [2.45, 2.75) is 51.2 Å². The van der Waals surface area contributed by atoms with E-state index in [4.69, 9.17) is 19.6 Å². The first-order chi connectivity index (χ1) is 28.5. The number of nitrogens with two attached hydrogens (primary N) is 1. The number of hydrogen-bond acceptors (Lipinski definition) is 14. The fourth-order valence-electron chi connectivity index (χ4n) is 6.01. The molecule has 1 fully saturated rings. The number of carboxylic acids is 1. The van der Waals surface area contributed by atoms with Crippen LogP contribution in [0.5, 0.6) is 5.75 Å². The van der Waals surface area contributed by atoms with Gasteiger partial charge < -0.3 is 45.8 Å². The number of ether oxygens (including phenoxy) is 2. The first kappa shape index (κ1) is 44.3. The second-order valence-electron chi connectivity index (χ2n) is 13.4. The molecule has 2 aromatic carbocycles. The molecule has 21 heteroatoms. The molecule has 8 N–H and O–H groups in total. The van der Waals surface area contributed by atoms with E-state index < -0.39 is 71.9 Å². The van der Waals surface area contributed by atoms with E-state index in [1.807, 2.05) is 0 Å². The predicted molar refractivity (Wildman–Crippen MR) is 213 cm³/mol. The van der Waals surface area contributed by atoms with Crippen molar-refractivity contribution in [1.82, 2.24) is 21.1 Å². The Labute approximate surface area is 344 Å². The van der Waals surface area contributed by atoms with E-state index in [2.05, 4.69) is 21.4 Å². The first-order valence-electron chi connectivity index (χ1n) is 18.2. The van der Waals surface area contributed by atoms with Crippen LogP contribution in [0.2, 0.25) is 0 Å². The molecule has 0 aromatic heterocycles. The molecule has 2 heterocycles. The van der Waals surface area contributed by atoms with Crippen LogP contribution in [0.1, 0.15) is 37.6 Å². The fourth-order valence-corrected chi connectivity index (χ4v) is 6.74. The third kappa shape index (κ3) is 10.4. The second-order valence-corrected chi connectivity index (χ2v) is 14.5. The van der Waals surface area contributed by atoms with Crippen LogP contribution in [0.3, 0.4) is 0 Å². The van der Waals surface area contributed by atoms with Crippen molar-refractivity contribution < 1.29 is 62.5 Å². The van der Waals surface area contributed by atoms with E-state index in [0.717, 1.165) is 11.8 Å². The number of nitrogens with one attached hydrogen (secondary N) is 4. The number of anilines is 1. The number of primary amides is 1. The Bertz CT molecular complexity index is 2400. The molecule has 1 saturated heterocycles. The smallest absolute Gasteiger partial charge is 0.336 e. The average Bonchev–Trinajstić information content (AvgIpc) is 3.91. The lowest BCUT2D eigenvalue weighted by atomic mass is 9.90. The number of fused-ring (bicyclic) bond motifs is 2. The molecular weight excluding hydrogens is 809 g/mol. The molecule has 20 nitrogen and oxygen atoms in total. The van der Waals surface area contributed by atoms with E-state index in [0.29, 0.717) is 21.5 Å². The standard InChI is InChI=1S/C39H40N6O14S/c1-4-57-39(18-46)34(59-39)37(54)45(16-30(40)49)44-36(53)20(3)42-35(52)19(2)41-31(50)11-12-60-17-32(51)43-21-5-8-24(27(13-21)38(55)56)33-25-9-6-22(47)14-28(25)58-29-15-23(48)7-10-26(29)33/h5-10,13-15,18-20,34,47H,4,11-12,16-17H2,1-3H3,(H2,40,49)(H,41,50)(H,42,52)(H,43,51)(H,44,53)(H,55,56). The number of thioether (sulfide) groups is 1. The summed E-state index contributed by atoms with van der Waals surface area (Å²) in [4.78, 5) is 111. The maximum absolute atomic E-state index is 12.8. The summed E-state index contributed by atoms with van der Waals surface area (Å²) in [5, 5.41) is 28.7. The number of phenols is 1. The van der Waals surface area contributed by atoms with Crippen molar-refractivity contribution >= 4 is 76.1 Å². The highest BCUT2D eigenvalue weighted by Gasteiger charge is 2.64. The third-order valence-electron chi connectivity index (χ3n) is 8.90. The van der Waals surface area contributed by atoms with Crippen LogP contribution < -0.4 is 32.5 Å². The Hall–Kier alpha value is -6.84. The van der Waals surface area contributed by atoms with Gasteiger partial charge in [0, 0.05) is 53.1 Å². The Morgan fingerprint density at radius 3 is 2.37 bits per heavy atom. The zero-order valence-corrected chi connectivity index (χ0v) is 33.1. The zero-order chi connectivity index (χ0) is 43.9. The molecule has 3 aliphatic rings. The van der Waals surface area contributed by atoms with Gasteiger partial charge in [0.05, 0.1) is 11.3 Å². The Morgan fingerprint density at radius 2 is 1.68 bits per heavy atom. The lowest BCUT2D eigenvalue weighted by Crippen LogP contribution is -2.58. The van der Waals surface area contributed by atoms with Crippen molar-refractivity contribution in [3.05, 3.63) is 70.4 Å². The maximum atomic E-state index is 12.8. The van der Waals surface area contributed by atoms with E-state index in [-0.39, 0.29) is 70.2 Å². The van der Waals surface area contributed by atoms with Crippen LogP contribution in [0.4, 0.5) is 5.69 Å². The summed E-state index contributed by atoms with van der Waals surface area (Å²) in [6.07, 6.45) is -1.27. The molecule has 0 bridgehead atoms. The lowest BCUT2D eigenvalue weighted by molar-refractivity contribution is -0.146. The minimum atomic E-state index is -1.86. The van der Waals surface area contributed by atoms with Crippen LogP contribution in [0.15, 0.2) is 63.8 Å². The Kier molecular flexibility index (Phi) is 13.9. The van der Waals surface area contributed by atoms with Crippen molar-refractivity contribution in [1.29, 1.82) is 0 Å². The van der Waals surface area contributed by atoms with E-state index in [1.54, 1.807) is 13.0 Å². The number of rotatable bonds is 18. The Morgan fingerprint density at radius 1 is 0.967 bits per heavy atom. The summed E-state index contributed by atoms with van der Waals surface area (Å²) in [6.45, 7) is 3.45. The quantitative estimate of drug-likeness (QED) is 0.0239. The van der Waals surface area contributed by atoms with Gasteiger partial charge in [0.1, 0.15) is 35.7 Å². The van der Waals surface area contributed by atoms with E-state index in [1.165, 1.54) is 62.4 Å². The highest BCUT2D eigenvalue weighted by Crippen LogP contribution is 2.42. The number of hydrazine groups is 1. The topological polar surface area (TPSA) is 306 Å². The van der Waals surface area contributed by atoms with Crippen molar-refractivity contribution in [3.8, 4) is 28.2 Å². The van der Waals surface area contributed by atoms with Gasteiger partial charge in [-0.05, 0) is 62.7 Å². The predicted octanol–water partition coefficient (Wildman–Crippen LogP) is 0.715. The molecule has 6 amide bonds. The number of carboxylic acid groups (broad SMARTS) is 1. The number of carbonyl (C=O) groups is 8. The summed E-state index contributed by atoms with van der Waals surface area (Å²) < 4.78 is 16.1. The Balaban J connectivity index is 1.10. The highest BCUT2D eigenvalue weighted by atomic mass is 32.2. The van der Waals surface area contributed by atoms with Gasteiger partial charge >= 0.3 is 5.97 Å². The van der Waals surface area contributed by atoms with Gasteiger partial charge in [0.2, 0.25) is 29.7 Å². The molecule has 60 heavy (non-hydrogen) atoms. The number of epoxide rings is 1. The number of hydrogen-bond donors (Lipinski definition) is 7. The molecule has 1 aliphatic carbocycles. The summed E-state index contributed by atoms with van der Waals surface area (Å²) in [5.41, 5.74) is 8.43. The van der Waals surface area contributed by atoms with Gasteiger partial charge in [0.15, 0.2) is 11.7 Å². The van der Waals surface area contributed by atoms with Crippen molar-refractivity contribution in [3.63, 3.8) is 0 Å². The molecule has 2 aromatic rings. The number of aromatic hydroxyl groups is 1. The maximum Gasteiger partial charge on any atom is 0.336 e. The lowest BCUT2D eigenvalue weighted by Gasteiger charge is -2.24. The summed E-state index contributed by atoms with van der Waals surface area (Å²) in [6, 6.07) is 10.4. The molecule has 0 spiro atoms. The van der Waals surface area contributed by atoms with Gasteiger partial charge in [-0.15, -0.1) is 0 Å². The molecule has 4 unspecified atom stereocenters. The van der Waals surface area contributed by atoms with E-state index >= 15 is 0 Å². The normalized spacial score (nSPS) is 16.6. The second kappa shape index (κ2) is 18.8. The van der Waals surface area contributed by atoms with Gasteiger partial charge in [-0.2, -0.15) is 11.8 Å². The third-order valence-corrected chi connectivity index (χ3v) is 9.86. The van der Waals surface area contributed by atoms with Crippen LogP contribution in [0, 0.1) is 0 Å². The van der Waals surface area contributed by atoms with E-state index in [9.17, 15) is 53.4 Å². The van der Waals surface area contributed by atoms with Gasteiger partial charge in [-0.1, -0.05) is 6.07 Å². The van der Waals surface area contributed by atoms with Crippen LogP contribution >= 0.6 is 11.8 Å². The van der Waals surface area contributed by atoms with Gasteiger partial charge in [-0.3, -0.25) is 43.8 Å². The molecule has 4 atom stereocenters. The monoisotopic (exact) mass is 848 g/mol. The van der Waals surface area contributed by atoms with Gasteiger partial charge in [-0.25, -0.2) is 9.80 Å². The SMILES string of the molecule is CCOC1(C=O)OC1C(=O)N(CC(N)=O)NC(=O)C(C)NC(=O)C(C)NC(=O)CCSCC(=O)Nc1ccc(-c2c3ccc(=O)cc-3oc3cc(O)ccc23)c(C(=O)O)c1. The van der Waals surface area contributed by atoms with Gasteiger partial charge in [0.25, 0.3) is 17.6 Å². The number of nitrogens with zero attached hydrogens (tertiary/aromatic N) is 1. The number of benzene rings is 3. The van der Waals surface area contributed by atoms with Crippen LogP contribution in [-0.4, -0.2) is 112 Å². The fraction of sp³-hybridized carbons (Fsp3) is 0.308. The minimum absolute atomic E-state index is 0.0285. The first-order valence-corrected chi connectivity index (χ1v) is 19.3. The molecule has 0 radical (unpaired) electrons. The summed E-state index contributed by atoms with van der Waals surface area (Å²) in [5.74, 6) is -7.75. The average molecular weight is 849 g/mol. The number of carbonyl (C=O) groups excluding carboxylic acids is 7. The van der Waals surface area contributed by atoms with Crippen LogP contribution in [0.25, 0.3) is 33.4 Å².